The van der Waals surface area contributed by atoms with E-state index < -0.39 is 16.1 Å². The number of rotatable bonds is 3. The molecule has 5 nitrogen and oxygen atoms in total. The van der Waals surface area contributed by atoms with Crippen LogP contribution in [0.5, 0.6) is 0 Å². The summed E-state index contributed by atoms with van der Waals surface area (Å²) < 4.78 is 23.9. The Morgan fingerprint density at radius 2 is 2.13 bits per heavy atom. The Bertz CT molecular complexity index is 398. The highest BCUT2D eigenvalue weighted by Crippen LogP contribution is 2.20. The fourth-order valence-corrected chi connectivity index (χ4v) is 2.51. The maximum Gasteiger partial charge on any atom is 0.242 e. The van der Waals surface area contributed by atoms with Gasteiger partial charge in [0.15, 0.2) is 0 Å². The molecule has 6 heteroatoms. The molecule has 1 amide bonds. The van der Waals surface area contributed by atoms with Crippen LogP contribution in [-0.4, -0.2) is 43.5 Å². The molecule has 1 saturated carbocycles. The van der Waals surface area contributed by atoms with Gasteiger partial charge in [0.25, 0.3) is 0 Å². The molecule has 0 spiro atoms. The molecule has 0 aromatic carbocycles. The summed E-state index contributed by atoms with van der Waals surface area (Å²) in [5, 5.41) is 2.80. The smallest absolute Gasteiger partial charge is 0.242 e. The molecule has 1 N–H and O–H groups in total. The van der Waals surface area contributed by atoms with E-state index >= 15 is 0 Å². The van der Waals surface area contributed by atoms with Gasteiger partial charge in [0.2, 0.25) is 15.9 Å². The lowest BCUT2D eigenvalue weighted by atomic mass is 10.3. The molecular weight excluding hydrogens is 216 g/mol. The van der Waals surface area contributed by atoms with Crippen molar-refractivity contribution in [3.05, 3.63) is 12.2 Å². The normalized spacial score (nSPS) is 26.9. The zero-order chi connectivity index (χ0) is 11.1. The van der Waals surface area contributed by atoms with E-state index in [9.17, 15) is 13.2 Å². The summed E-state index contributed by atoms with van der Waals surface area (Å²) in [5.74, 6) is -0.211. The van der Waals surface area contributed by atoms with Gasteiger partial charge in [-0.15, -0.1) is 0 Å². The van der Waals surface area contributed by atoms with Crippen LogP contribution in [-0.2, 0) is 14.8 Å². The number of amides is 1. The third kappa shape index (κ3) is 2.38. The molecule has 1 aliphatic carbocycles. The van der Waals surface area contributed by atoms with Crippen molar-refractivity contribution in [3.63, 3.8) is 0 Å². The van der Waals surface area contributed by atoms with Crippen LogP contribution in [0.4, 0.5) is 0 Å². The van der Waals surface area contributed by atoms with Gasteiger partial charge in [-0.3, -0.25) is 4.79 Å². The van der Waals surface area contributed by atoms with Crippen LogP contribution in [0.2, 0.25) is 0 Å². The monoisotopic (exact) mass is 230 g/mol. The summed E-state index contributed by atoms with van der Waals surface area (Å²) in [4.78, 5) is 11.7. The Morgan fingerprint density at radius 3 is 2.67 bits per heavy atom. The molecule has 84 valence electrons. The van der Waals surface area contributed by atoms with Crippen LogP contribution >= 0.6 is 0 Å². The van der Waals surface area contributed by atoms with Crippen molar-refractivity contribution in [3.8, 4) is 0 Å². The standard InChI is InChI=1S/C9H14N2O3S/c1-15(13,14)11-6-2-3-8(11)9(12)10-7-4-5-7/h2-3,7-8H,4-6H2,1H3,(H,10,12)/t8-/m1/s1. The molecule has 1 heterocycles. The molecule has 15 heavy (non-hydrogen) atoms. The fourth-order valence-electron chi connectivity index (χ4n) is 1.58. The highest BCUT2D eigenvalue weighted by Gasteiger charge is 2.35. The molecule has 0 saturated heterocycles. The average Bonchev–Trinajstić information content (AvgIpc) is 2.80. The van der Waals surface area contributed by atoms with E-state index in [1.54, 1.807) is 12.2 Å². The van der Waals surface area contributed by atoms with Gasteiger partial charge in [0.05, 0.1) is 6.26 Å². The lowest BCUT2D eigenvalue weighted by Crippen LogP contribution is -2.46. The van der Waals surface area contributed by atoms with Gasteiger partial charge < -0.3 is 5.32 Å². The lowest BCUT2D eigenvalue weighted by Gasteiger charge is -2.20. The lowest BCUT2D eigenvalue weighted by molar-refractivity contribution is -0.123. The molecule has 0 radical (unpaired) electrons. The van der Waals surface area contributed by atoms with E-state index in [4.69, 9.17) is 0 Å². The topological polar surface area (TPSA) is 66.5 Å². The summed E-state index contributed by atoms with van der Waals surface area (Å²) in [6.45, 7) is 0.293. The van der Waals surface area contributed by atoms with E-state index in [1.165, 1.54) is 4.31 Å². The molecule has 2 rings (SSSR count). The van der Waals surface area contributed by atoms with Crippen LogP contribution < -0.4 is 5.32 Å². The molecule has 2 aliphatic rings. The van der Waals surface area contributed by atoms with Crippen molar-refractivity contribution >= 4 is 15.9 Å². The second kappa shape index (κ2) is 3.61. The summed E-state index contributed by atoms with van der Waals surface area (Å²) in [5.41, 5.74) is 0. The van der Waals surface area contributed by atoms with Gasteiger partial charge in [0, 0.05) is 12.6 Å². The molecule has 1 atom stereocenters. The molecule has 0 bridgehead atoms. The second-order valence-electron chi connectivity index (χ2n) is 3.99. The van der Waals surface area contributed by atoms with Crippen LogP contribution in [0.25, 0.3) is 0 Å². The first-order valence-corrected chi connectivity index (χ1v) is 6.77. The molecular formula is C9H14N2O3S. The maximum atomic E-state index is 11.7. The van der Waals surface area contributed by atoms with Gasteiger partial charge in [0.1, 0.15) is 6.04 Å². The van der Waals surface area contributed by atoms with Crippen LogP contribution in [0.1, 0.15) is 12.8 Å². The van der Waals surface area contributed by atoms with Gasteiger partial charge in [-0.05, 0) is 12.8 Å². The maximum absolute atomic E-state index is 11.7. The van der Waals surface area contributed by atoms with Gasteiger partial charge in [-0.2, -0.15) is 4.31 Å². The fraction of sp³-hybridized carbons (Fsp3) is 0.667. The Morgan fingerprint density at radius 1 is 1.47 bits per heavy atom. The van der Waals surface area contributed by atoms with E-state index in [0.717, 1.165) is 19.1 Å². The van der Waals surface area contributed by atoms with Crippen molar-refractivity contribution in [2.45, 2.75) is 24.9 Å². The van der Waals surface area contributed by atoms with E-state index in [2.05, 4.69) is 5.32 Å². The number of sulfonamides is 1. The zero-order valence-electron chi connectivity index (χ0n) is 8.51. The predicted octanol–water partition coefficient (Wildman–Crippen LogP) is -0.535. The van der Waals surface area contributed by atoms with Crippen LogP contribution in [0.3, 0.4) is 0 Å². The van der Waals surface area contributed by atoms with Crippen molar-refractivity contribution in [1.29, 1.82) is 0 Å². The van der Waals surface area contributed by atoms with Crippen molar-refractivity contribution in [1.82, 2.24) is 9.62 Å². The zero-order valence-corrected chi connectivity index (χ0v) is 9.33. The number of hydrogen-bond acceptors (Lipinski definition) is 3. The number of carbonyl (C=O) groups is 1. The number of hydrogen-bond donors (Lipinski definition) is 1. The SMILES string of the molecule is CS(=O)(=O)N1CC=C[C@@H]1C(=O)NC1CC1. The highest BCUT2D eigenvalue weighted by atomic mass is 32.2. The molecule has 0 unspecified atom stereocenters. The summed E-state index contributed by atoms with van der Waals surface area (Å²) >= 11 is 0. The minimum atomic E-state index is -3.30. The largest absolute Gasteiger partial charge is 0.352 e. The van der Waals surface area contributed by atoms with Crippen LogP contribution in [0.15, 0.2) is 12.2 Å². The Balaban J connectivity index is 2.06. The molecule has 1 fully saturated rings. The Hall–Kier alpha value is -0.880. The van der Waals surface area contributed by atoms with E-state index in [-0.39, 0.29) is 11.9 Å². The average molecular weight is 230 g/mol. The predicted molar refractivity (Wildman–Crippen MR) is 55.6 cm³/mol. The van der Waals surface area contributed by atoms with Gasteiger partial charge >= 0.3 is 0 Å². The van der Waals surface area contributed by atoms with Crippen molar-refractivity contribution in [2.24, 2.45) is 0 Å². The Kier molecular flexibility index (Phi) is 2.56. The Labute approximate surface area is 89.2 Å². The number of carbonyl (C=O) groups excluding carboxylic acids is 1. The third-order valence-electron chi connectivity index (χ3n) is 2.53. The van der Waals surface area contributed by atoms with E-state index in [1.807, 2.05) is 0 Å². The minimum Gasteiger partial charge on any atom is -0.352 e. The second-order valence-corrected chi connectivity index (χ2v) is 5.92. The summed E-state index contributed by atoms with van der Waals surface area (Å²) in [7, 11) is -3.30. The highest BCUT2D eigenvalue weighted by molar-refractivity contribution is 7.88. The molecule has 0 aromatic rings. The van der Waals surface area contributed by atoms with Crippen LogP contribution in [0, 0.1) is 0 Å². The van der Waals surface area contributed by atoms with Crippen molar-refractivity contribution in [2.75, 3.05) is 12.8 Å². The quantitative estimate of drug-likeness (QED) is 0.662. The third-order valence-corrected chi connectivity index (χ3v) is 3.76. The first-order valence-electron chi connectivity index (χ1n) is 4.92. The molecule has 1 aliphatic heterocycles. The minimum absolute atomic E-state index is 0.211. The first-order chi connectivity index (χ1) is 6.98. The van der Waals surface area contributed by atoms with E-state index in [0.29, 0.717) is 6.54 Å². The van der Waals surface area contributed by atoms with Gasteiger partial charge in [-0.1, -0.05) is 12.2 Å². The molecule has 0 aromatic heterocycles. The number of nitrogens with one attached hydrogen (secondary N) is 1. The van der Waals surface area contributed by atoms with Gasteiger partial charge in [-0.25, -0.2) is 8.42 Å². The number of nitrogens with zero attached hydrogens (tertiary/aromatic N) is 1. The summed E-state index contributed by atoms with van der Waals surface area (Å²) in [6.07, 6.45) is 6.47. The summed E-state index contributed by atoms with van der Waals surface area (Å²) in [6, 6.07) is -0.395. The first kappa shape index (κ1) is 10.6. The van der Waals surface area contributed by atoms with Crippen molar-refractivity contribution < 1.29 is 13.2 Å².